The SMILES string of the molecule is COc1cc(/C=C/c2ccc(OCC(=O)NCc3ccccc3)cc2)c(-c2cn[nH]n2)c(OC)c1. The van der Waals surface area contributed by atoms with E-state index in [2.05, 4.69) is 20.7 Å². The summed E-state index contributed by atoms with van der Waals surface area (Å²) in [5, 5.41) is 13.6. The molecular weight excluding hydrogens is 444 g/mol. The minimum Gasteiger partial charge on any atom is -0.497 e. The lowest BCUT2D eigenvalue weighted by Gasteiger charge is -2.12. The molecule has 0 saturated carbocycles. The van der Waals surface area contributed by atoms with E-state index >= 15 is 0 Å². The van der Waals surface area contributed by atoms with Crippen LogP contribution in [0.25, 0.3) is 23.4 Å². The number of nitrogens with zero attached hydrogens (tertiary/aromatic N) is 2. The van der Waals surface area contributed by atoms with Crippen molar-refractivity contribution in [3.05, 3.63) is 89.6 Å². The zero-order valence-electron chi connectivity index (χ0n) is 19.5. The fourth-order valence-electron chi connectivity index (χ4n) is 3.47. The molecule has 0 bridgehead atoms. The number of rotatable bonds is 10. The summed E-state index contributed by atoms with van der Waals surface area (Å²) < 4.78 is 16.6. The molecule has 8 heteroatoms. The molecule has 3 aromatic carbocycles. The maximum atomic E-state index is 12.1. The Labute approximate surface area is 203 Å². The highest BCUT2D eigenvalue weighted by Gasteiger charge is 2.15. The number of hydrogen-bond donors (Lipinski definition) is 2. The van der Waals surface area contributed by atoms with Crippen LogP contribution in [0.1, 0.15) is 16.7 Å². The Morgan fingerprint density at radius 2 is 1.77 bits per heavy atom. The van der Waals surface area contributed by atoms with Crippen LogP contribution in [0.3, 0.4) is 0 Å². The summed E-state index contributed by atoms with van der Waals surface area (Å²) in [5.41, 5.74) is 4.33. The minimum atomic E-state index is -0.176. The molecule has 0 radical (unpaired) electrons. The van der Waals surface area contributed by atoms with E-state index in [9.17, 15) is 4.79 Å². The van der Waals surface area contributed by atoms with E-state index in [1.54, 1.807) is 20.4 Å². The van der Waals surface area contributed by atoms with Gasteiger partial charge in [0, 0.05) is 12.6 Å². The van der Waals surface area contributed by atoms with Crippen molar-refractivity contribution in [1.82, 2.24) is 20.7 Å². The van der Waals surface area contributed by atoms with Crippen LogP contribution in [0.15, 0.2) is 72.9 Å². The number of carbonyl (C=O) groups is 1. The van der Waals surface area contributed by atoms with Gasteiger partial charge in [0.05, 0.1) is 26.0 Å². The van der Waals surface area contributed by atoms with Crippen LogP contribution in [-0.4, -0.2) is 42.1 Å². The zero-order valence-corrected chi connectivity index (χ0v) is 19.5. The number of carbonyl (C=O) groups excluding carboxylic acids is 1. The minimum absolute atomic E-state index is 0.0489. The predicted molar refractivity (Wildman–Crippen MR) is 134 cm³/mol. The molecule has 4 aromatic rings. The third-order valence-corrected chi connectivity index (χ3v) is 5.27. The second-order valence-corrected chi connectivity index (χ2v) is 7.60. The normalized spacial score (nSPS) is 10.8. The second-order valence-electron chi connectivity index (χ2n) is 7.60. The Morgan fingerprint density at radius 1 is 0.971 bits per heavy atom. The van der Waals surface area contributed by atoms with E-state index in [1.165, 1.54) is 0 Å². The number of methoxy groups -OCH3 is 2. The van der Waals surface area contributed by atoms with E-state index in [0.29, 0.717) is 29.5 Å². The number of H-pyrrole nitrogens is 1. The standard InChI is InChI=1S/C27H26N4O4/c1-33-23-14-21(27(25(15-23)34-2)24-17-29-31-30-24)11-8-19-9-12-22(13-10-19)35-18-26(32)28-16-20-6-4-3-5-7-20/h3-15,17H,16,18H2,1-2H3,(H,28,32)(H,29,30,31)/b11-8+. The number of ether oxygens (including phenoxy) is 3. The van der Waals surface area contributed by atoms with Gasteiger partial charge in [-0.2, -0.15) is 15.4 Å². The first-order valence-electron chi connectivity index (χ1n) is 11.0. The lowest BCUT2D eigenvalue weighted by Crippen LogP contribution is -2.28. The molecule has 0 atom stereocenters. The van der Waals surface area contributed by atoms with Crippen LogP contribution in [0.4, 0.5) is 0 Å². The Morgan fingerprint density at radius 3 is 2.46 bits per heavy atom. The van der Waals surface area contributed by atoms with E-state index in [1.807, 2.05) is 78.9 Å². The molecule has 1 amide bonds. The van der Waals surface area contributed by atoms with Crippen LogP contribution in [-0.2, 0) is 11.3 Å². The van der Waals surface area contributed by atoms with Crippen molar-refractivity contribution in [3.8, 4) is 28.5 Å². The van der Waals surface area contributed by atoms with Gasteiger partial charge in [0.2, 0.25) is 0 Å². The number of amides is 1. The summed E-state index contributed by atoms with van der Waals surface area (Å²) in [6.07, 6.45) is 5.57. The summed E-state index contributed by atoms with van der Waals surface area (Å²) in [4.78, 5) is 12.1. The lowest BCUT2D eigenvalue weighted by atomic mass is 10.0. The highest BCUT2D eigenvalue weighted by molar-refractivity contribution is 5.84. The summed E-state index contributed by atoms with van der Waals surface area (Å²) in [6.45, 7) is 0.421. The Kier molecular flexibility index (Phi) is 7.75. The number of benzene rings is 3. The first kappa shape index (κ1) is 23.6. The first-order chi connectivity index (χ1) is 17.2. The molecule has 0 saturated heterocycles. The second kappa shape index (κ2) is 11.5. The van der Waals surface area contributed by atoms with Crippen molar-refractivity contribution in [2.45, 2.75) is 6.54 Å². The third kappa shape index (κ3) is 6.26. The van der Waals surface area contributed by atoms with Gasteiger partial charge in [-0.15, -0.1) is 0 Å². The summed E-state index contributed by atoms with van der Waals surface area (Å²) >= 11 is 0. The Bertz CT molecular complexity index is 1270. The molecule has 2 N–H and O–H groups in total. The van der Waals surface area contributed by atoms with E-state index in [0.717, 1.165) is 22.3 Å². The molecule has 35 heavy (non-hydrogen) atoms. The maximum absolute atomic E-state index is 12.1. The monoisotopic (exact) mass is 470 g/mol. The van der Waals surface area contributed by atoms with Gasteiger partial charge < -0.3 is 19.5 Å². The molecule has 0 aliphatic rings. The highest BCUT2D eigenvalue weighted by Crippen LogP contribution is 2.37. The van der Waals surface area contributed by atoms with Gasteiger partial charge in [-0.3, -0.25) is 4.79 Å². The van der Waals surface area contributed by atoms with Gasteiger partial charge in [0.1, 0.15) is 22.9 Å². The number of aromatic amines is 1. The smallest absolute Gasteiger partial charge is 0.258 e. The first-order valence-corrected chi connectivity index (χ1v) is 11.0. The number of aromatic nitrogens is 3. The molecule has 1 heterocycles. The van der Waals surface area contributed by atoms with Gasteiger partial charge in [-0.05, 0) is 34.9 Å². The molecule has 0 aliphatic carbocycles. The summed E-state index contributed by atoms with van der Waals surface area (Å²) in [5.74, 6) is 1.74. The van der Waals surface area contributed by atoms with Gasteiger partial charge in [-0.25, -0.2) is 0 Å². The topological polar surface area (TPSA) is 98.4 Å². The van der Waals surface area contributed by atoms with Crippen molar-refractivity contribution in [2.75, 3.05) is 20.8 Å². The van der Waals surface area contributed by atoms with Gasteiger partial charge >= 0.3 is 0 Å². The van der Waals surface area contributed by atoms with Crippen molar-refractivity contribution in [2.24, 2.45) is 0 Å². The quantitative estimate of drug-likeness (QED) is 0.334. The van der Waals surface area contributed by atoms with Crippen LogP contribution < -0.4 is 19.5 Å². The molecule has 8 nitrogen and oxygen atoms in total. The number of nitrogens with one attached hydrogen (secondary N) is 2. The molecule has 0 unspecified atom stereocenters. The molecule has 4 rings (SSSR count). The fourth-order valence-corrected chi connectivity index (χ4v) is 3.47. The maximum Gasteiger partial charge on any atom is 0.258 e. The molecule has 1 aromatic heterocycles. The molecule has 0 fully saturated rings. The van der Waals surface area contributed by atoms with E-state index < -0.39 is 0 Å². The van der Waals surface area contributed by atoms with Crippen molar-refractivity contribution in [1.29, 1.82) is 0 Å². The largest absolute Gasteiger partial charge is 0.497 e. The average molecular weight is 471 g/mol. The summed E-state index contributed by atoms with van der Waals surface area (Å²) in [6, 6.07) is 21.0. The zero-order chi connectivity index (χ0) is 24.5. The van der Waals surface area contributed by atoms with E-state index in [4.69, 9.17) is 14.2 Å². The van der Waals surface area contributed by atoms with Gasteiger partial charge in [0.15, 0.2) is 6.61 Å². The van der Waals surface area contributed by atoms with Gasteiger partial charge in [-0.1, -0.05) is 54.6 Å². The van der Waals surface area contributed by atoms with Crippen LogP contribution in [0.5, 0.6) is 17.2 Å². The molecule has 0 aliphatic heterocycles. The van der Waals surface area contributed by atoms with Crippen LogP contribution in [0.2, 0.25) is 0 Å². The lowest BCUT2D eigenvalue weighted by molar-refractivity contribution is -0.123. The van der Waals surface area contributed by atoms with Crippen molar-refractivity contribution >= 4 is 18.1 Å². The predicted octanol–water partition coefficient (Wildman–Crippen LogP) is 4.35. The number of hydrogen-bond acceptors (Lipinski definition) is 6. The Hall–Kier alpha value is -4.59. The van der Waals surface area contributed by atoms with Crippen LogP contribution in [0, 0.1) is 0 Å². The Balaban J connectivity index is 1.41. The van der Waals surface area contributed by atoms with Gasteiger partial charge in [0.25, 0.3) is 5.91 Å². The molecular formula is C27H26N4O4. The molecule has 178 valence electrons. The van der Waals surface area contributed by atoms with Crippen LogP contribution >= 0.6 is 0 Å². The summed E-state index contributed by atoms with van der Waals surface area (Å²) in [7, 11) is 3.21. The van der Waals surface area contributed by atoms with E-state index in [-0.39, 0.29) is 12.5 Å². The molecule has 0 spiro atoms. The highest BCUT2D eigenvalue weighted by atomic mass is 16.5. The van der Waals surface area contributed by atoms with Crippen molar-refractivity contribution in [3.63, 3.8) is 0 Å². The average Bonchev–Trinajstić information content (AvgIpc) is 3.44. The third-order valence-electron chi connectivity index (χ3n) is 5.27. The van der Waals surface area contributed by atoms with Crippen molar-refractivity contribution < 1.29 is 19.0 Å². The fraction of sp³-hybridized carbons (Fsp3) is 0.148.